The molecule has 0 aromatic heterocycles. The molecule has 2 aliphatic heterocycles. The lowest BCUT2D eigenvalue weighted by molar-refractivity contribution is 0.00578. The topological polar surface area (TPSA) is 38.8 Å². The molecule has 2 aromatic rings. The SMILES string of the molecule is [2H]C1([2H])c2c(F)cccc2C(=O)N1Cc1ccc(B2OC(C)(C)C(C)(C)O2)cc1F. The monoisotopic (exact) mass is 387 g/mol. The fraction of sp³-hybridized carbons (Fsp3) is 0.381. The molecular weight excluding hydrogens is 363 g/mol. The number of hydrogen-bond donors (Lipinski definition) is 0. The van der Waals surface area contributed by atoms with Crippen LogP contribution in [-0.2, 0) is 22.4 Å². The van der Waals surface area contributed by atoms with Crippen LogP contribution < -0.4 is 5.46 Å². The van der Waals surface area contributed by atoms with Crippen LogP contribution in [0, 0.1) is 11.6 Å². The molecule has 0 atom stereocenters. The van der Waals surface area contributed by atoms with Crippen LogP contribution in [0.15, 0.2) is 36.4 Å². The minimum atomic E-state index is -2.38. The molecular formula is C21H22BF2NO3. The second-order valence-electron chi connectivity index (χ2n) is 8.10. The molecule has 2 heterocycles. The van der Waals surface area contributed by atoms with Gasteiger partial charge in [0.1, 0.15) is 11.6 Å². The van der Waals surface area contributed by atoms with Gasteiger partial charge in [0.2, 0.25) is 0 Å². The van der Waals surface area contributed by atoms with E-state index >= 15 is 0 Å². The van der Waals surface area contributed by atoms with Gasteiger partial charge in [-0.15, -0.1) is 0 Å². The quantitative estimate of drug-likeness (QED) is 0.758. The molecule has 7 heteroatoms. The Morgan fingerprint density at radius 3 is 2.39 bits per heavy atom. The van der Waals surface area contributed by atoms with Crippen molar-refractivity contribution in [1.82, 2.24) is 4.90 Å². The summed E-state index contributed by atoms with van der Waals surface area (Å²) < 4.78 is 57.4. The van der Waals surface area contributed by atoms with Crippen molar-refractivity contribution in [3.8, 4) is 0 Å². The smallest absolute Gasteiger partial charge is 0.399 e. The average Bonchev–Trinajstić information content (AvgIpc) is 2.97. The Hall–Kier alpha value is -2.25. The first-order valence-electron chi connectivity index (χ1n) is 10.1. The van der Waals surface area contributed by atoms with Gasteiger partial charge in [-0.3, -0.25) is 4.79 Å². The zero-order valence-electron chi connectivity index (χ0n) is 18.2. The molecule has 0 aliphatic carbocycles. The van der Waals surface area contributed by atoms with E-state index in [4.69, 9.17) is 12.1 Å². The number of rotatable bonds is 3. The number of hydrogen-bond acceptors (Lipinski definition) is 3. The predicted molar refractivity (Wildman–Crippen MR) is 102 cm³/mol. The summed E-state index contributed by atoms with van der Waals surface area (Å²) in [7, 11) is -0.739. The van der Waals surface area contributed by atoms with Gasteiger partial charge in [0.25, 0.3) is 5.91 Å². The molecule has 0 spiro atoms. The van der Waals surface area contributed by atoms with E-state index in [1.54, 1.807) is 6.07 Å². The van der Waals surface area contributed by atoms with Gasteiger partial charge in [-0.05, 0) is 51.4 Å². The second kappa shape index (κ2) is 6.39. The first kappa shape index (κ1) is 16.7. The van der Waals surface area contributed by atoms with Crippen molar-refractivity contribution in [2.45, 2.75) is 51.9 Å². The van der Waals surface area contributed by atoms with Gasteiger partial charge >= 0.3 is 7.12 Å². The van der Waals surface area contributed by atoms with Crippen LogP contribution in [0.3, 0.4) is 0 Å². The summed E-state index contributed by atoms with van der Waals surface area (Å²) in [6, 6.07) is 8.19. The molecule has 4 rings (SSSR count). The maximum atomic E-state index is 14.9. The van der Waals surface area contributed by atoms with Gasteiger partial charge in [-0.1, -0.05) is 18.2 Å². The molecule has 2 aliphatic rings. The minimum Gasteiger partial charge on any atom is -0.399 e. The molecule has 0 unspecified atom stereocenters. The Labute approximate surface area is 166 Å². The van der Waals surface area contributed by atoms with E-state index in [0.717, 1.165) is 11.0 Å². The molecule has 28 heavy (non-hydrogen) atoms. The third-order valence-electron chi connectivity index (χ3n) is 5.67. The van der Waals surface area contributed by atoms with Gasteiger partial charge in [0, 0.05) is 23.2 Å². The Balaban J connectivity index is 1.60. The highest BCUT2D eigenvalue weighted by Crippen LogP contribution is 2.36. The third-order valence-corrected chi connectivity index (χ3v) is 5.67. The van der Waals surface area contributed by atoms with E-state index in [0.29, 0.717) is 5.46 Å². The van der Waals surface area contributed by atoms with Crippen LogP contribution in [0.25, 0.3) is 0 Å². The Morgan fingerprint density at radius 1 is 1.11 bits per heavy atom. The summed E-state index contributed by atoms with van der Waals surface area (Å²) in [6.45, 7) is 4.88. The number of amides is 1. The van der Waals surface area contributed by atoms with Crippen molar-refractivity contribution in [3.05, 3.63) is 64.7 Å². The first-order chi connectivity index (χ1) is 13.8. The molecule has 146 valence electrons. The van der Waals surface area contributed by atoms with Gasteiger partial charge in [0.15, 0.2) is 0 Å². The molecule has 1 fully saturated rings. The van der Waals surface area contributed by atoms with Crippen LogP contribution in [0.2, 0.25) is 0 Å². The van der Waals surface area contributed by atoms with Crippen LogP contribution in [-0.4, -0.2) is 29.1 Å². The summed E-state index contributed by atoms with van der Waals surface area (Å²) in [5, 5.41) is 0. The second-order valence-corrected chi connectivity index (χ2v) is 8.10. The fourth-order valence-electron chi connectivity index (χ4n) is 3.25. The van der Waals surface area contributed by atoms with E-state index in [9.17, 15) is 13.6 Å². The molecule has 0 N–H and O–H groups in total. The summed E-state index contributed by atoms with van der Waals surface area (Å²) in [4.78, 5) is 13.5. The number of carbonyl (C=O) groups is 1. The standard InChI is InChI=1S/C21H22BF2NO3/c1-20(2)21(3,4)28-22(27-20)14-9-8-13(18(24)10-14)11-25-12-16-15(19(25)26)6-5-7-17(16)23/h5-10H,11-12H2,1-4H3/i12D2. The number of carbonyl (C=O) groups excluding carboxylic acids is 1. The van der Waals surface area contributed by atoms with Crippen LogP contribution in [0.1, 0.15) is 51.9 Å². The largest absolute Gasteiger partial charge is 0.494 e. The van der Waals surface area contributed by atoms with Gasteiger partial charge in [-0.25, -0.2) is 8.78 Å². The van der Waals surface area contributed by atoms with Crippen molar-refractivity contribution in [1.29, 1.82) is 0 Å². The van der Waals surface area contributed by atoms with Gasteiger partial charge in [-0.2, -0.15) is 0 Å². The highest BCUT2D eigenvalue weighted by molar-refractivity contribution is 6.62. The number of fused-ring (bicyclic) bond motifs is 1. The van der Waals surface area contributed by atoms with E-state index in [1.165, 1.54) is 24.3 Å². The summed E-state index contributed by atoms with van der Waals surface area (Å²) >= 11 is 0. The lowest BCUT2D eigenvalue weighted by Gasteiger charge is -2.32. The molecule has 2 aromatic carbocycles. The summed E-state index contributed by atoms with van der Waals surface area (Å²) in [6.07, 6.45) is 0. The normalized spacial score (nSPS) is 22.9. The molecule has 0 bridgehead atoms. The minimum absolute atomic E-state index is 0.0470. The molecule has 0 saturated carbocycles. The highest BCUT2D eigenvalue weighted by Gasteiger charge is 2.51. The zero-order valence-corrected chi connectivity index (χ0v) is 16.2. The number of benzene rings is 2. The van der Waals surface area contributed by atoms with Crippen molar-refractivity contribution in [2.24, 2.45) is 0 Å². The lowest BCUT2D eigenvalue weighted by atomic mass is 9.78. The molecule has 1 saturated heterocycles. The van der Waals surface area contributed by atoms with E-state index in [-0.39, 0.29) is 23.2 Å². The van der Waals surface area contributed by atoms with Crippen molar-refractivity contribution in [2.75, 3.05) is 0 Å². The van der Waals surface area contributed by atoms with E-state index in [2.05, 4.69) is 0 Å². The van der Waals surface area contributed by atoms with Crippen LogP contribution >= 0.6 is 0 Å². The number of nitrogens with zero attached hydrogens (tertiary/aromatic N) is 1. The van der Waals surface area contributed by atoms with E-state index < -0.39 is 42.4 Å². The third kappa shape index (κ3) is 3.03. The first-order valence-corrected chi connectivity index (χ1v) is 9.10. The van der Waals surface area contributed by atoms with Crippen molar-refractivity contribution >= 4 is 18.5 Å². The van der Waals surface area contributed by atoms with Gasteiger partial charge in [0.05, 0.1) is 20.4 Å². The zero-order chi connectivity index (χ0) is 22.1. The van der Waals surface area contributed by atoms with Crippen LogP contribution in [0.4, 0.5) is 8.78 Å². The van der Waals surface area contributed by atoms with Crippen molar-refractivity contribution in [3.63, 3.8) is 0 Å². The Kier molecular flexibility index (Phi) is 3.81. The van der Waals surface area contributed by atoms with E-state index in [1.807, 2.05) is 27.7 Å². The molecule has 0 radical (unpaired) electrons. The summed E-state index contributed by atoms with van der Waals surface area (Å²) in [5.74, 6) is -2.10. The predicted octanol–water partition coefficient (Wildman–Crippen LogP) is 3.42. The van der Waals surface area contributed by atoms with Gasteiger partial charge < -0.3 is 14.2 Å². The summed E-state index contributed by atoms with van der Waals surface area (Å²) in [5.41, 5.74) is -0.902. The number of halogens is 2. The average molecular weight is 387 g/mol. The Morgan fingerprint density at radius 2 is 1.79 bits per heavy atom. The van der Waals surface area contributed by atoms with Crippen LogP contribution in [0.5, 0.6) is 0 Å². The Bertz CT molecular complexity index is 1030. The molecule has 4 nitrogen and oxygen atoms in total. The maximum Gasteiger partial charge on any atom is 0.494 e. The molecule has 1 amide bonds. The lowest BCUT2D eigenvalue weighted by Crippen LogP contribution is -2.41. The fourth-order valence-corrected chi connectivity index (χ4v) is 3.25. The maximum absolute atomic E-state index is 14.9. The van der Waals surface area contributed by atoms with Crippen molar-refractivity contribution < 1.29 is 25.6 Å². The highest BCUT2D eigenvalue weighted by atomic mass is 19.1.